The van der Waals surface area contributed by atoms with Gasteiger partial charge in [0.1, 0.15) is 5.75 Å². The van der Waals surface area contributed by atoms with Crippen LogP contribution in [-0.2, 0) is 6.54 Å². The molecular weight excluding hydrogens is 236 g/mol. The van der Waals surface area contributed by atoms with E-state index in [0.717, 1.165) is 18.0 Å². The van der Waals surface area contributed by atoms with E-state index in [1.54, 1.807) is 7.11 Å². The van der Waals surface area contributed by atoms with Gasteiger partial charge >= 0.3 is 0 Å². The molecule has 1 aromatic heterocycles. The molecule has 0 atom stereocenters. The monoisotopic (exact) mass is 254 g/mol. The van der Waals surface area contributed by atoms with Crippen LogP contribution in [0.2, 0.25) is 0 Å². The van der Waals surface area contributed by atoms with E-state index >= 15 is 0 Å². The maximum atomic E-state index is 5.32. The Morgan fingerprint density at radius 3 is 2.84 bits per heavy atom. The van der Waals surface area contributed by atoms with Gasteiger partial charge in [0.2, 0.25) is 0 Å². The second kappa shape index (κ2) is 5.41. The zero-order valence-electron chi connectivity index (χ0n) is 11.1. The highest BCUT2D eigenvalue weighted by Crippen LogP contribution is 2.27. The third kappa shape index (κ3) is 2.93. The van der Waals surface area contributed by atoms with Crippen LogP contribution in [0.1, 0.15) is 18.4 Å². The second-order valence-electron chi connectivity index (χ2n) is 4.89. The van der Waals surface area contributed by atoms with Crippen LogP contribution in [0.3, 0.4) is 0 Å². The normalized spacial score (nSPS) is 14.4. The predicted octanol–water partition coefficient (Wildman–Crippen LogP) is 3.01. The summed E-state index contributed by atoms with van der Waals surface area (Å²) in [5.41, 5.74) is 3.43. The van der Waals surface area contributed by atoms with Crippen molar-refractivity contribution >= 4 is 0 Å². The fraction of sp³-hybridized carbons (Fsp3) is 0.312. The number of hydrogen-bond donors (Lipinski definition) is 1. The van der Waals surface area contributed by atoms with Gasteiger partial charge in [0.05, 0.1) is 12.8 Å². The molecule has 0 bridgehead atoms. The molecule has 1 aliphatic carbocycles. The fourth-order valence-electron chi connectivity index (χ4n) is 2.16. The highest BCUT2D eigenvalue weighted by molar-refractivity contribution is 5.64. The molecule has 1 fully saturated rings. The topological polar surface area (TPSA) is 34.1 Å². The summed E-state index contributed by atoms with van der Waals surface area (Å²) in [6, 6.07) is 12.9. The number of pyridine rings is 1. The molecular formula is C16H18N2O. The number of benzene rings is 1. The zero-order chi connectivity index (χ0) is 13.1. The number of nitrogens with one attached hydrogen (secondary N) is 1. The van der Waals surface area contributed by atoms with E-state index in [0.29, 0.717) is 6.04 Å². The van der Waals surface area contributed by atoms with Gasteiger partial charge in [0, 0.05) is 24.3 Å². The summed E-state index contributed by atoms with van der Waals surface area (Å²) in [4.78, 5) is 4.44. The Labute approximate surface area is 113 Å². The average Bonchev–Trinajstić information content (AvgIpc) is 3.30. The van der Waals surface area contributed by atoms with Gasteiger partial charge in [-0.2, -0.15) is 0 Å². The summed E-state index contributed by atoms with van der Waals surface area (Å²) in [5, 5.41) is 3.55. The van der Waals surface area contributed by atoms with Crippen molar-refractivity contribution < 1.29 is 4.74 Å². The minimum absolute atomic E-state index is 0.697. The molecule has 98 valence electrons. The molecule has 0 aliphatic heterocycles. The summed E-state index contributed by atoms with van der Waals surface area (Å²) in [6.45, 7) is 0.869. The summed E-state index contributed by atoms with van der Waals surface area (Å²) in [6.07, 6.45) is 4.42. The highest BCUT2D eigenvalue weighted by atomic mass is 16.5. The van der Waals surface area contributed by atoms with E-state index in [1.165, 1.54) is 24.0 Å². The Kier molecular flexibility index (Phi) is 3.47. The Hall–Kier alpha value is -1.87. The van der Waals surface area contributed by atoms with E-state index in [9.17, 15) is 0 Å². The van der Waals surface area contributed by atoms with Crippen LogP contribution in [0.15, 0.2) is 42.6 Å². The summed E-state index contributed by atoms with van der Waals surface area (Å²) in [5.74, 6) is 0.896. The van der Waals surface area contributed by atoms with Crippen molar-refractivity contribution in [3.63, 3.8) is 0 Å². The highest BCUT2D eigenvalue weighted by Gasteiger charge is 2.20. The van der Waals surface area contributed by atoms with E-state index in [1.807, 2.05) is 30.5 Å². The predicted molar refractivity (Wildman–Crippen MR) is 76.1 cm³/mol. The Balaban J connectivity index is 1.92. The zero-order valence-corrected chi connectivity index (χ0v) is 11.1. The SMILES string of the molecule is COc1ccc(-c2ccccn2)c(CNC2CC2)c1. The standard InChI is InChI=1S/C16H18N2O/c1-19-14-7-8-15(16-4-2-3-9-17-16)12(10-14)11-18-13-5-6-13/h2-4,7-10,13,18H,5-6,11H2,1H3. The van der Waals surface area contributed by atoms with Crippen LogP contribution < -0.4 is 10.1 Å². The van der Waals surface area contributed by atoms with Gasteiger partial charge in [-0.1, -0.05) is 6.07 Å². The molecule has 19 heavy (non-hydrogen) atoms. The number of nitrogens with zero attached hydrogens (tertiary/aromatic N) is 1. The third-order valence-corrected chi connectivity index (χ3v) is 3.41. The number of aromatic nitrogens is 1. The molecule has 1 aromatic carbocycles. The van der Waals surface area contributed by atoms with Gasteiger partial charge in [-0.15, -0.1) is 0 Å². The average molecular weight is 254 g/mol. The lowest BCUT2D eigenvalue weighted by atomic mass is 10.0. The summed E-state index contributed by atoms with van der Waals surface area (Å²) in [7, 11) is 1.70. The van der Waals surface area contributed by atoms with Crippen LogP contribution in [0.5, 0.6) is 5.75 Å². The number of ether oxygens (including phenoxy) is 1. The van der Waals surface area contributed by atoms with E-state index in [4.69, 9.17) is 4.74 Å². The van der Waals surface area contributed by atoms with Gasteiger partial charge in [-0.25, -0.2) is 0 Å². The molecule has 1 saturated carbocycles. The first-order chi connectivity index (χ1) is 9.36. The minimum atomic E-state index is 0.697. The number of hydrogen-bond acceptors (Lipinski definition) is 3. The van der Waals surface area contributed by atoms with Crippen LogP contribution >= 0.6 is 0 Å². The first-order valence-electron chi connectivity index (χ1n) is 6.68. The van der Waals surface area contributed by atoms with Gasteiger partial charge in [-0.3, -0.25) is 4.98 Å². The summed E-state index contributed by atoms with van der Waals surface area (Å²) >= 11 is 0. The van der Waals surface area contributed by atoms with Crippen molar-refractivity contribution in [2.75, 3.05) is 7.11 Å². The quantitative estimate of drug-likeness (QED) is 0.890. The number of rotatable bonds is 5. The Morgan fingerprint density at radius 2 is 2.16 bits per heavy atom. The Morgan fingerprint density at radius 1 is 1.26 bits per heavy atom. The van der Waals surface area contributed by atoms with Crippen molar-refractivity contribution in [2.45, 2.75) is 25.4 Å². The second-order valence-corrected chi connectivity index (χ2v) is 4.89. The van der Waals surface area contributed by atoms with E-state index in [-0.39, 0.29) is 0 Å². The van der Waals surface area contributed by atoms with Crippen molar-refractivity contribution in [2.24, 2.45) is 0 Å². The molecule has 1 aliphatic rings. The number of methoxy groups -OCH3 is 1. The van der Waals surface area contributed by atoms with Crippen LogP contribution in [0.25, 0.3) is 11.3 Å². The fourth-order valence-corrected chi connectivity index (χ4v) is 2.16. The molecule has 3 rings (SSSR count). The molecule has 0 unspecified atom stereocenters. The molecule has 0 amide bonds. The van der Waals surface area contributed by atoms with Crippen molar-refractivity contribution in [3.8, 4) is 17.0 Å². The molecule has 0 saturated heterocycles. The smallest absolute Gasteiger partial charge is 0.119 e. The van der Waals surface area contributed by atoms with Gasteiger partial charge in [-0.05, 0) is 48.7 Å². The lowest BCUT2D eigenvalue weighted by Crippen LogP contribution is -2.16. The molecule has 3 heteroatoms. The summed E-state index contributed by atoms with van der Waals surface area (Å²) < 4.78 is 5.32. The lowest BCUT2D eigenvalue weighted by Gasteiger charge is -2.12. The van der Waals surface area contributed by atoms with Crippen molar-refractivity contribution in [1.29, 1.82) is 0 Å². The van der Waals surface area contributed by atoms with Crippen molar-refractivity contribution in [3.05, 3.63) is 48.2 Å². The van der Waals surface area contributed by atoms with E-state index < -0.39 is 0 Å². The molecule has 1 heterocycles. The first kappa shape index (κ1) is 12.2. The van der Waals surface area contributed by atoms with Gasteiger partial charge in [0.15, 0.2) is 0 Å². The third-order valence-electron chi connectivity index (χ3n) is 3.41. The molecule has 1 N–H and O–H groups in total. The maximum Gasteiger partial charge on any atom is 0.119 e. The first-order valence-corrected chi connectivity index (χ1v) is 6.68. The van der Waals surface area contributed by atoms with E-state index in [2.05, 4.69) is 22.4 Å². The van der Waals surface area contributed by atoms with Crippen LogP contribution in [0, 0.1) is 0 Å². The molecule has 0 spiro atoms. The van der Waals surface area contributed by atoms with Crippen molar-refractivity contribution in [1.82, 2.24) is 10.3 Å². The Bertz CT molecular complexity index is 550. The largest absolute Gasteiger partial charge is 0.497 e. The lowest BCUT2D eigenvalue weighted by molar-refractivity contribution is 0.414. The molecule has 0 radical (unpaired) electrons. The van der Waals surface area contributed by atoms with Gasteiger partial charge < -0.3 is 10.1 Å². The van der Waals surface area contributed by atoms with Crippen LogP contribution in [0.4, 0.5) is 0 Å². The van der Waals surface area contributed by atoms with Crippen LogP contribution in [-0.4, -0.2) is 18.1 Å². The molecule has 3 nitrogen and oxygen atoms in total. The molecule has 2 aromatic rings. The van der Waals surface area contributed by atoms with Gasteiger partial charge in [0.25, 0.3) is 0 Å². The minimum Gasteiger partial charge on any atom is -0.497 e. The maximum absolute atomic E-state index is 5.32.